The molecule has 0 fully saturated rings. The lowest BCUT2D eigenvalue weighted by molar-refractivity contribution is -0.127. The molecule has 0 aliphatic heterocycles. The highest BCUT2D eigenvalue weighted by Gasteiger charge is 2.22. The van der Waals surface area contributed by atoms with Crippen LogP contribution >= 0.6 is 11.6 Å². The fourth-order valence-electron chi connectivity index (χ4n) is 1.75. The Balaban J connectivity index is 2.02. The molecule has 0 unspecified atom stereocenters. The molecule has 2 rings (SSSR count). The number of amides is 1. The van der Waals surface area contributed by atoms with Gasteiger partial charge in [-0.15, -0.1) is 4.83 Å². The van der Waals surface area contributed by atoms with Gasteiger partial charge in [-0.2, -0.15) is 0 Å². The van der Waals surface area contributed by atoms with Crippen LogP contribution in [0.2, 0.25) is 5.02 Å². The molecule has 25 heavy (non-hydrogen) atoms. The van der Waals surface area contributed by atoms with Crippen molar-refractivity contribution >= 4 is 27.5 Å². The molecule has 0 spiro atoms. The Labute approximate surface area is 147 Å². The predicted octanol–water partition coefficient (Wildman–Crippen LogP) is 2.40. The summed E-state index contributed by atoms with van der Waals surface area (Å²) in [5.74, 6) is -2.83. The number of sulfonamides is 1. The Hall–Kier alpha value is -2.23. The molecule has 1 amide bonds. The number of para-hydroxylation sites is 1. The van der Waals surface area contributed by atoms with Crippen LogP contribution in [-0.4, -0.2) is 20.4 Å². The first-order chi connectivity index (χ1) is 11.7. The molecule has 0 aliphatic carbocycles. The second-order valence-electron chi connectivity index (χ2n) is 4.86. The van der Waals surface area contributed by atoms with Crippen LogP contribution < -0.4 is 15.0 Å². The highest BCUT2D eigenvalue weighted by atomic mass is 35.5. The first-order valence-corrected chi connectivity index (χ1v) is 8.75. The summed E-state index contributed by atoms with van der Waals surface area (Å²) in [6.45, 7) is 1.29. The molecule has 1 atom stereocenters. The van der Waals surface area contributed by atoms with Crippen molar-refractivity contribution in [3.05, 3.63) is 59.1 Å². The van der Waals surface area contributed by atoms with Crippen molar-refractivity contribution in [2.24, 2.45) is 0 Å². The SMILES string of the molecule is C[C@@H](Oc1ccccc1F)C(=O)NNS(=O)(=O)c1ccc(Cl)cc1F. The van der Waals surface area contributed by atoms with E-state index in [9.17, 15) is 22.0 Å². The Morgan fingerprint density at radius 3 is 2.48 bits per heavy atom. The second-order valence-corrected chi connectivity index (χ2v) is 6.95. The van der Waals surface area contributed by atoms with Gasteiger partial charge in [0.25, 0.3) is 15.9 Å². The minimum Gasteiger partial charge on any atom is -0.478 e. The second kappa shape index (κ2) is 7.77. The number of carbonyl (C=O) groups is 1. The van der Waals surface area contributed by atoms with Crippen molar-refractivity contribution in [1.82, 2.24) is 10.3 Å². The van der Waals surface area contributed by atoms with E-state index < -0.39 is 38.6 Å². The van der Waals surface area contributed by atoms with E-state index in [-0.39, 0.29) is 10.8 Å². The highest BCUT2D eigenvalue weighted by molar-refractivity contribution is 7.89. The summed E-state index contributed by atoms with van der Waals surface area (Å²) in [5, 5.41) is 0.0207. The maximum atomic E-state index is 13.7. The van der Waals surface area contributed by atoms with Crippen LogP contribution in [0.4, 0.5) is 8.78 Å². The van der Waals surface area contributed by atoms with Crippen molar-refractivity contribution in [3.63, 3.8) is 0 Å². The molecule has 0 aliphatic rings. The maximum Gasteiger partial charge on any atom is 0.275 e. The predicted molar refractivity (Wildman–Crippen MR) is 86.4 cm³/mol. The van der Waals surface area contributed by atoms with Crippen LogP contribution in [0.1, 0.15) is 6.92 Å². The van der Waals surface area contributed by atoms with Gasteiger partial charge in [0.15, 0.2) is 17.7 Å². The van der Waals surface area contributed by atoms with Crippen molar-refractivity contribution < 1.29 is 26.7 Å². The fraction of sp³-hybridized carbons (Fsp3) is 0.133. The van der Waals surface area contributed by atoms with E-state index in [1.165, 1.54) is 31.2 Å². The summed E-state index contributed by atoms with van der Waals surface area (Å²) >= 11 is 5.55. The molecule has 0 saturated heterocycles. The Kier molecular flexibility index (Phi) is 5.93. The smallest absolute Gasteiger partial charge is 0.275 e. The summed E-state index contributed by atoms with van der Waals surface area (Å²) in [4.78, 5) is 12.9. The van der Waals surface area contributed by atoms with E-state index >= 15 is 0 Å². The third-order valence-corrected chi connectivity index (χ3v) is 4.52. The number of benzene rings is 2. The molecule has 134 valence electrons. The number of hydrogen-bond donors (Lipinski definition) is 2. The van der Waals surface area contributed by atoms with Crippen LogP contribution in [0.5, 0.6) is 5.75 Å². The monoisotopic (exact) mass is 390 g/mol. The molecular weight excluding hydrogens is 378 g/mol. The number of halogens is 3. The van der Waals surface area contributed by atoms with Crippen LogP contribution in [0, 0.1) is 11.6 Å². The first kappa shape index (κ1) is 19.1. The summed E-state index contributed by atoms with van der Waals surface area (Å²) < 4.78 is 56.2. The zero-order valence-electron chi connectivity index (χ0n) is 12.8. The molecule has 0 radical (unpaired) electrons. The summed E-state index contributed by atoms with van der Waals surface area (Å²) in [6.07, 6.45) is -1.21. The number of hydrogen-bond acceptors (Lipinski definition) is 4. The van der Waals surface area contributed by atoms with Crippen LogP contribution in [0.15, 0.2) is 47.4 Å². The average molecular weight is 391 g/mol. The number of nitrogens with one attached hydrogen (secondary N) is 2. The van der Waals surface area contributed by atoms with Gasteiger partial charge < -0.3 is 4.74 Å². The fourth-order valence-corrected chi connectivity index (χ4v) is 2.82. The van der Waals surface area contributed by atoms with E-state index in [1.54, 1.807) is 4.83 Å². The normalized spacial score (nSPS) is 12.5. The summed E-state index contributed by atoms with van der Waals surface area (Å²) in [7, 11) is -4.36. The number of ether oxygens (including phenoxy) is 1. The van der Waals surface area contributed by atoms with Crippen LogP contribution in [0.25, 0.3) is 0 Å². The standard InChI is InChI=1S/C15H13ClF2N2O4S/c1-9(24-13-5-3-2-4-11(13)17)15(21)19-20-25(22,23)14-7-6-10(16)8-12(14)18/h2-9,20H,1H3,(H,19,21)/t9-/m1/s1. The molecular formula is C15H13ClF2N2O4S. The van der Waals surface area contributed by atoms with Crippen LogP contribution in [-0.2, 0) is 14.8 Å². The first-order valence-electron chi connectivity index (χ1n) is 6.88. The Morgan fingerprint density at radius 2 is 1.84 bits per heavy atom. The molecule has 0 bridgehead atoms. The van der Waals surface area contributed by atoms with Crippen molar-refractivity contribution in [2.45, 2.75) is 17.9 Å². The van der Waals surface area contributed by atoms with Crippen LogP contribution in [0.3, 0.4) is 0 Å². The zero-order valence-corrected chi connectivity index (χ0v) is 14.4. The van der Waals surface area contributed by atoms with Gasteiger partial charge in [0.2, 0.25) is 0 Å². The molecule has 2 N–H and O–H groups in total. The minimum atomic E-state index is -4.36. The summed E-state index contributed by atoms with van der Waals surface area (Å²) in [5.41, 5.74) is 1.88. The van der Waals surface area contributed by atoms with Gasteiger partial charge in [0, 0.05) is 5.02 Å². The van der Waals surface area contributed by atoms with E-state index in [0.29, 0.717) is 0 Å². The Morgan fingerprint density at radius 1 is 1.16 bits per heavy atom. The van der Waals surface area contributed by atoms with Gasteiger partial charge in [0.1, 0.15) is 10.7 Å². The van der Waals surface area contributed by atoms with Gasteiger partial charge in [-0.1, -0.05) is 23.7 Å². The Bertz CT molecular complexity index is 893. The lowest BCUT2D eigenvalue weighted by Crippen LogP contribution is -2.47. The highest BCUT2D eigenvalue weighted by Crippen LogP contribution is 2.19. The van der Waals surface area contributed by atoms with Gasteiger partial charge in [-0.3, -0.25) is 10.2 Å². The number of rotatable bonds is 6. The van der Waals surface area contributed by atoms with Crippen molar-refractivity contribution in [3.8, 4) is 5.75 Å². The van der Waals surface area contributed by atoms with Gasteiger partial charge >= 0.3 is 0 Å². The maximum absolute atomic E-state index is 13.7. The minimum absolute atomic E-state index is 0.0207. The largest absolute Gasteiger partial charge is 0.478 e. The lowest BCUT2D eigenvalue weighted by atomic mass is 10.3. The molecule has 2 aromatic carbocycles. The third-order valence-electron chi connectivity index (χ3n) is 3.00. The van der Waals surface area contributed by atoms with Crippen molar-refractivity contribution in [2.75, 3.05) is 0 Å². The molecule has 10 heteroatoms. The van der Waals surface area contributed by atoms with Gasteiger partial charge in [-0.05, 0) is 37.3 Å². The topological polar surface area (TPSA) is 84.5 Å². The van der Waals surface area contributed by atoms with E-state index in [1.807, 2.05) is 5.43 Å². The number of hydrazine groups is 1. The molecule has 2 aromatic rings. The molecule has 0 aromatic heterocycles. The quantitative estimate of drug-likeness (QED) is 0.742. The third kappa shape index (κ3) is 4.88. The summed E-state index contributed by atoms with van der Waals surface area (Å²) in [6, 6.07) is 8.37. The zero-order chi connectivity index (χ0) is 18.6. The van der Waals surface area contributed by atoms with E-state index in [4.69, 9.17) is 16.3 Å². The van der Waals surface area contributed by atoms with Gasteiger partial charge in [-0.25, -0.2) is 17.2 Å². The molecule has 0 heterocycles. The van der Waals surface area contributed by atoms with Crippen molar-refractivity contribution in [1.29, 1.82) is 0 Å². The molecule has 0 saturated carbocycles. The lowest BCUT2D eigenvalue weighted by Gasteiger charge is -2.15. The average Bonchev–Trinajstić information content (AvgIpc) is 2.54. The van der Waals surface area contributed by atoms with E-state index in [0.717, 1.165) is 18.2 Å². The van der Waals surface area contributed by atoms with E-state index in [2.05, 4.69) is 0 Å². The number of carbonyl (C=O) groups excluding carboxylic acids is 1. The molecule has 6 nitrogen and oxygen atoms in total. The van der Waals surface area contributed by atoms with Gasteiger partial charge in [0.05, 0.1) is 0 Å².